The lowest BCUT2D eigenvalue weighted by Crippen LogP contribution is -2.51. The Bertz CT molecular complexity index is 461. The van der Waals surface area contributed by atoms with Crippen LogP contribution in [0.5, 0.6) is 0 Å². The highest BCUT2D eigenvalue weighted by molar-refractivity contribution is 6.31. The lowest BCUT2D eigenvalue weighted by atomic mass is 9.73. The van der Waals surface area contributed by atoms with E-state index < -0.39 is 0 Å². The number of nitrogens with two attached hydrogens (primary N) is 1. The van der Waals surface area contributed by atoms with E-state index in [4.69, 9.17) is 22.2 Å². The predicted octanol–water partition coefficient (Wildman–Crippen LogP) is 3.05. The first kappa shape index (κ1) is 16.7. The highest BCUT2D eigenvalue weighted by Crippen LogP contribution is 2.44. The minimum absolute atomic E-state index is 0.143. The maximum atomic E-state index is 6.38. The number of nitrogens with one attached hydrogen (secondary N) is 1. The smallest absolute Gasteiger partial charge is 0.0933 e. The third kappa shape index (κ3) is 3.26. The largest absolute Gasteiger partial charge is 0.373 e. The van der Waals surface area contributed by atoms with Crippen LogP contribution in [0.4, 0.5) is 0 Å². The summed E-state index contributed by atoms with van der Waals surface area (Å²) in [5.41, 5.74) is 3.59. The number of aromatic nitrogens is 2. The topological polar surface area (TPSA) is 65.1 Å². The Morgan fingerprint density at radius 1 is 1.62 bits per heavy atom. The van der Waals surface area contributed by atoms with Crippen LogP contribution in [0, 0.1) is 5.92 Å². The summed E-state index contributed by atoms with van der Waals surface area (Å²) in [5, 5.41) is 4.99. The number of rotatable bonds is 6. The molecule has 3 N–H and O–H groups in total. The Kier molecular flexibility index (Phi) is 5.66. The summed E-state index contributed by atoms with van der Waals surface area (Å²) in [7, 11) is 0. The maximum absolute atomic E-state index is 6.38. The molecule has 1 aromatic heterocycles. The molecule has 0 aromatic carbocycles. The summed E-state index contributed by atoms with van der Waals surface area (Å²) >= 11 is 6.38. The zero-order chi connectivity index (χ0) is 15.5. The van der Waals surface area contributed by atoms with Crippen LogP contribution in [0.2, 0.25) is 5.02 Å². The molecule has 1 aromatic rings. The Morgan fingerprint density at radius 3 is 2.95 bits per heavy atom. The first-order chi connectivity index (χ1) is 10.1. The Balaban J connectivity index is 2.42. The quantitative estimate of drug-likeness (QED) is 0.625. The third-order valence-electron chi connectivity index (χ3n) is 4.52. The predicted molar refractivity (Wildman–Crippen MR) is 85.0 cm³/mol. The van der Waals surface area contributed by atoms with Crippen molar-refractivity contribution in [1.29, 1.82) is 0 Å². The average molecular weight is 315 g/mol. The van der Waals surface area contributed by atoms with Crippen molar-refractivity contribution in [3.05, 3.63) is 16.9 Å². The molecule has 0 bridgehead atoms. The van der Waals surface area contributed by atoms with E-state index >= 15 is 0 Å². The number of hydrazine groups is 1. The van der Waals surface area contributed by atoms with Crippen LogP contribution in [-0.2, 0) is 11.3 Å². The van der Waals surface area contributed by atoms with Crippen molar-refractivity contribution >= 4 is 11.6 Å². The molecule has 1 fully saturated rings. The lowest BCUT2D eigenvalue weighted by Gasteiger charge is -2.45. The number of nitrogens with zero attached hydrogens (tertiary/aromatic N) is 2. The molecule has 2 rings (SSSR count). The summed E-state index contributed by atoms with van der Waals surface area (Å²) in [4.78, 5) is 0. The molecule has 6 heteroatoms. The van der Waals surface area contributed by atoms with E-state index in [2.05, 4.69) is 24.4 Å². The summed E-state index contributed by atoms with van der Waals surface area (Å²) in [6.07, 6.45) is 6.06. The van der Waals surface area contributed by atoms with Crippen LogP contribution in [0.3, 0.4) is 0 Å². The van der Waals surface area contributed by atoms with Crippen molar-refractivity contribution in [3.8, 4) is 0 Å². The number of hydrogen-bond acceptors (Lipinski definition) is 4. The molecule has 0 aliphatic heterocycles. The van der Waals surface area contributed by atoms with Crippen LogP contribution >= 0.6 is 11.6 Å². The standard InChI is InChI=1S/C15H27ClN4O/c1-4-20-13(12(16)10-18-20)14(19-17)15(21-5-2)8-6-7-11(3)9-15/h10-11,14,19H,4-9,17H2,1-3H3. The van der Waals surface area contributed by atoms with E-state index in [0.717, 1.165) is 31.5 Å². The van der Waals surface area contributed by atoms with Crippen LogP contribution < -0.4 is 11.3 Å². The molecule has 0 radical (unpaired) electrons. The molecule has 0 saturated heterocycles. The van der Waals surface area contributed by atoms with Gasteiger partial charge in [0.1, 0.15) is 0 Å². The first-order valence-corrected chi connectivity index (χ1v) is 8.27. The van der Waals surface area contributed by atoms with Gasteiger partial charge in [0.15, 0.2) is 0 Å². The number of halogens is 1. The van der Waals surface area contributed by atoms with Gasteiger partial charge in [0, 0.05) is 13.2 Å². The fourth-order valence-corrected chi connectivity index (χ4v) is 3.95. The summed E-state index contributed by atoms with van der Waals surface area (Å²) < 4.78 is 8.14. The van der Waals surface area contributed by atoms with Gasteiger partial charge in [-0.25, -0.2) is 5.43 Å². The van der Waals surface area contributed by atoms with Gasteiger partial charge in [-0.1, -0.05) is 31.4 Å². The van der Waals surface area contributed by atoms with Crippen molar-refractivity contribution in [2.24, 2.45) is 11.8 Å². The van der Waals surface area contributed by atoms with Crippen LogP contribution in [0.1, 0.15) is 58.2 Å². The zero-order valence-electron chi connectivity index (χ0n) is 13.2. The molecule has 1 aliphatic rings. The van der Waals surface area contributed by atoms with E-state index in [1.807, 2.05) is 11.6 Å². The van der Waals surface area contributed by atoms with Crippen LogP contribution in [0.25, 0.3) is 0 Å². The monoisotopic (exact) mass is 314 g/mol. The van der Waals surface area contributed by atoms with Crippen molar-refractivity contribution in [2.45, 2.75) is 64.6 Å². The van der Waals surface area contributed by atoms with Crippen molar-refractivity contribution in [3.63, 3.8) is 0 Å². The van der Waals surface area contributed by atoms with Gasteiger partial charge in [-0.3, -0.25) is 10.5 Å². The molecule has 1 saturated carbocycles. The normalized spacial score (nSPS) is 27.8. The van der Waals surface area contributed by atoms with E-state index in [1.165, 1.54) is 6.42 Å². The summed E-state index contributed by atoms with van der Waals surface area (Å²) in [6, 6.07) is -0.143. The zero-order valence-corrected chi connectivity index (χ0v) is 14.0. The van der Waals surface area contributed by atoms with Crippen LogP contribution in [-0.4, -0.2) is 22.0 Å². The highest BCUT2D eigenvalue weighted by atomic mass is 35.5. The summed E-state index contributed by atoms with van der Waals surface area (Å²) in [6.45, 7) is 7.80. The molecule has 1 aliphatic carbocycles. The van der Waals surface area contributed by atoms with Gasteiger partial charge >= 0.3 is 0 Å². The number of aryl methyl sites for hydroxylation is 1. The van der Waals surface area contributed by atoms with Gasteiger partial charge in [0.25, 0.3) is 0 Å². The fourth-order valence-electron chi connectivity index (χ4n) is 3.70. The second kappa shape index (κ2) is 7.09. The molecule has 5 nitrogen and oxygen atoms in total. The highest BCUT2D eigenvalue weighted by Gasteiger charge is 2.45. The third-order valence-corrected chi connectivity index (χ3v) is 4.81. The van der Waals surface area contributed by atoms with E-state index in [1.54, 1.807) is 6.20 Å². The van der Waals surface area contributed by atoms with Gasteiger partial charge < -0.3 is 4.74 Å². The van der Waals surface area contributed by atoms with Gasteiger partial charge in [-0.15, -0.1) is 0 Å². The fraction of sp³-hybridized carbons (Fsp3) is 0.800. The molecular formula is C15H27ClN4O. The molecule has 3 atom stereocenters. The Morgan fingerprint density at radius 2 is 2.38 bits per heavy atom. The molecular weight excluding hydrogens is 288 g/mol. The van der Waals surface area contributed by atoms with Crippen LogP contribution in [0.15, 0.2) is 6.20 Å². The lowest BCUT2D eigenvalue weighted by molar-refractivity contribution is -0.103. The second-order valence-corrected chi connectivity index (χ2v) is 6.40. The van der Waals surface area contributed by atoms with E-state index in [-0.39, 0.29) is 11.6 Å². The number of hydrogen-bond donors (Lipinski definition) is 2. The second-order valence-electron chi connectivity index (χ2n) is 5.99. The van der Waals surface area contributed by atoms with Crippen molar-refractivity contribution < 1.29 is 4.74 Å². The minimum atomic E-state index is -0.308. The number of ether oxygens (including phenoxy) is 1. The Labute approximate surface area is 132 Å². The summed E-state index contributed by atoms with van der Waals surface area (Å²) in [5.74, 6) is 6.54. The molecule has 0 amide bonds. The van der Waals surface area contributed by atoms with E-state index in [9.17, 15) is 0 Å². The maximum Gasteiger partial charge on any atom is 0.0933 e. The minimum Gasteiger partial charge on any atom is -0.373 e. The van der Waals surface area contributed by atoms with Gasteiger partial charge in [-0.05, 0) is 32.6 Å². The first-order valence-electron chi connectivity index (χ1n) is 7.89. The Hall–Kier alpha value is -0.620. The molecule has 21 heavy (non-hydrogen) atoms. The molecule has 120 valence electrons. The van der Waals surface area contributed by atoms with E-state index in [0.29, 0.717) is 17.5 Å². The molecule has 3 unspecified atom stereocenters. The average Bonchev–Trinajstić information content (AvgIpc) is 2.81. The molecule has 1 heterocycles. The van der Waals surface area contributed by atoms with Crippen molar-refractivity contribution in [1.82, 2.24) is 15.2 Å². The van der Waals surface area contributed by atoms with Gasteiger partial charge in [0.2, 0.25) is 0 Å². The van der Waals surface area contributed by atoms with Crippen molar-refractivity contribution in [2.75, 3.05) is 6.61 Å². The SMILES string of the molecule is CCOC1(C(NN)c2c(Cl)cnn2CC)CCCC(C)C1. The molecule has 0 spiro atoms. The van der Waals surface area contributed by atoms with Gasteiger partial charge in [0.05, 0.1) is 28.6 Å². The van der Waals surface area contributed by atoms with Gasteiger partial charge in [-0.2, -0.15) is 5.10 Å².